The van der Waals surface area contributed by atoms with E-state index in [1.54, 1.807) is 42.5 Å². The number of para-hydroxylation sites is 1. The highest BCUT2D eigenvalue weighted by atomic mass is 16.5. The molecule has 0 unspecified atom stereocenters. The fourth-order valence-corrected chi connectivity index (χ4v) is 2.49. The van der Waals surface area contributed by atoms with Crippen LogP contribution >= 0.6 is 0 Å². The molecule has 0 fully saturated rings. The van der Waals surface area contributed by atoms with Crippen LogP contribution in [0.15, 0.2) is 53.3 Å². The number of nitrogens with zero attached hydrogens (tertiary/aromatic N) is 2. The summed E-state index contributed by atoms with van der Waals surface area (Å²) in [6.45, 7) is 1.43. The Morgan fingerprint density at radius 2 is 2.04 bits per heavy atom. The van der Waals surface area contributed by atoms with E-state index in [-0.39, 0.29) is 12.1 Å². The first-order valence-electron chi connectivity index (χ1n) is 7.32. The van der Waals surface area contributed by atoms with Gasteiger partial charge in [-0.2, -0.15) is 0 Å². The highest BCUT2D eigenvalue weighted by Gasteiger charge is 2.13. The molecule has 1 heterocycles. The van der Waals surface area contributed by atoms with Gasteiger partial charge in [-0.15, -0.1) is 6.42 Å². The number of hydrogen-bond acceptors (Lipinski definition) is 4. The van der Waals surface area contributed by atoms with E-state index in [2.05, 4.69) is 10.9 Å². The minimum Gasteiger partial charge on any atom is -0.427 e. The first kappa shape index (κ1) is 15.5. The zero-order valence-corrected chi connectivity index (χ0v) is 13.0. The van der Waals surface area contributed by atoms with Crippen LogP contribution in [0.5, 0.6) is 5.75 Å². The van der Waals surface area contributed by atoms with Crippen LogP contribution in [0.2, 0.25) is 0 Å². The van der Waals surface area contributed by atoms with Crippen molar-refractivity contribution in [3.63, 3.8) is 0 Å². The lowest BCUT2D eigenvalue weighted by Gasteiger charge is -2.12. The Labute approximate surface area is 138 Å². The van der Waals surface area contributed by atoms with E-state index >= 15 is 0 Å². The van der Waals surface area contributed by atoms with Crippen molar-refractivity contribution in [2.75, 3.05) is 0 Å². The summed E-state index contributed by atoms with van der Waals surface area (Å²) >= 11 is 0. The molecule has 0 aliphatic carbocycles. The maximum absolute atomic E-state index is 12.7. The summed E-state index contributed by atoms with van der Waals surface area (Å²) in [5, 5.41) is 0.507. The van der Waals surface area contributed by atoms with E-state index in [1.807, 2.05) is 6.07 Å². The Bertz CT molecular complexity index is 1030. The number of ether oxygens (including phenoxy) is 1. The van der Waals surface area contributed by atoms with E-state index in [0.717, 1.165) is 0 Å². The zero-order valence-electron chi connectivity index (χ0n) is 13.0. The number of rotatable bonds is 3. The summed E-state index contributed by atoms with van der Waals surface area (Å²) < 4.78 is 6.54. The topological polar surface area (TPSA) is 61.2 Å². The monoisotopic (exact) mass is 318 g/mol. The molecule has 118 valence electrons. The molecule has 1 aromatic heterocycles. The molecule has 24 heavy (non-hydrogen) atoms. The van der Waals surface area contributed by atoms with Crippen LogP contribution in [-0.4, -0.2) is 15.5 Å². The molecule has 0 saturated carbocycles. The van der Waals surface area contributed by atoms with Gasteiger partial charge in [-0.25, -0.2) is 4.98 Å². The van der Waals surface area contributed by atoms with Gasteiger partial charge in [0.15, 0.2) is 0 Å². The number of aromatic nitrogens is 2. The van der Waals surface area contributed by atoms with Gasteiger partial charge in [-0.3, -0.25) is 14.2 Å². The summed E-state index contributed by atoms with van der Waals surface area (Å²) in [7, 11) is 0. The number of carbonyl (C=O) groups excluding carboxylic acids is 1. The SMILES string of the molecule is C#CCn1c(-c2cccc(OC(C)=O)c2)nc2ccccc2c1=O. The van der Waals surface area contributed by atoms with Crippen molar-refractivity contribution in [3.8, 4) is 29.5 Å². The lowest BCUT2D eigenvalue weighted by atomic mass is 10.1. The van der Waals surface area contributed by atoms with Gasteiger partial charge in [0.1, 0.15) is 11.6 Å². The second-order valence-electron chi connectivity index (χ2n) is 5.17. The van der Waals surface area contributed by atoms with Gasteiger partial charge in [0.2, 0.25) is 0 Å². The van der Waals surface area contributed by atoms with Crippen molar-refractivity contribution in [2.24, 2.45) is 0 Å². The number of benzene rings is 2. The zero-order chi connectivity index (χ0) is 17.1. The van der Waals surface area contributed by atoms with Crippen molar-refractivity contribution < 1.29 is 9.53 Å². The quantitative estimate of drug-likeness (QED) is 0.423. The van der Waals surface area contributed by atoms with Gasteiger partial charge < -0.3 is 4.74 Å². The Morgan fingerprint density at radius 3 is 2.79 bits per heavy atom. The average Bonchev–Trinajstić information content (AvgIpc) is 2.57. The highest BCUT2D eigenvalue weighted by molar-refractivity contribution is 5.80. The van der Waals surface area contributed by atoms with E-state index in [1.165, 1.54) is 11.5 Å². The summed E-state index contributed by atoms with van der Waals surface area (Å²) in [4.78, 5) is 28.4. The maximum Gasteiger partial charge on any atom is 0.308 e. The van der Waals surface area contributed by atoms with Crippen molar-refractivity contribution in [1.82, 2.24) is 9.55 Å². The predicted octanol–water partition coefficient (Wildman–Crippen LogP) is 2.62. The molecule has 0 N–H and O–H groups in total. The van der Waals surface area contributed by atoms with Crippen LogP contribution < -0.4 is 10.3 Å². The minimum atomic E-state index is -0.417. The van der Waals surface area contributed by atoms with Crippen molar-refractivity contribution in [2.45, 2.75) is 13.5 Å². The van der Waals surface area contributed by atoms with Crippen LogP contribution in [0.25, 0.3) is 22.3 Å². The standard InChI is InChI=1S/C19H14N2O3/c1-3-11-21-18(14-7-6-8-15(12-14)24-13(2)22)20-17-10-5-4-9-16(17)19(21)23/h1,4-10,12H,11H2,2H3. The number of esters is 1. The summed E-state index contributed by atoms with van der Waals surface area (Å²) in [6.07, 6.45) is 5.41. The highest BCUT2D eigenvalue weighted by Crippen LogP contribution is 2.23. The van der Waals surface area contributed by atoms with Crippen molar-refractivity contribution in [1.29, 1.82) is 0 Å². The van der Waals surface area contributed by atoms with Crippen LogP contribution in [0.1, 0.15) is 6.92 Å². The maximum atomic E-state index is 12.7. The molecule has 0 amide bonds. The van der Waals surface area contributed by atoms with Gasteiger partial charge in [-0.1, -0.05) is 30.2 Å². The van der Waals surface area contributed by atoms with Crippen LogP contribution in [0.4, 0.5) is 0 Å². The summed E-state index contributed by atoms with van der Waals surface area (Å²) in [5.74, 6) is 2.89. The third kappa shape index (κ3) is 2.90. The predicted molar refractivity (Wildman–Crippen MR) is 91.6 cm³/mol. The lowest BCUT2D eigenvalue weighted by Crippen LogP contribution is -2.23. The van der Waals surface area contributed by atoms with Crippen LogP contribution in [0.3, 0.4) is 0 Å². The fraction of sp³-hybridized carbons (Fsp3) is 0.105. The molecular weight excluding hydrogens is 304 g/mol. The Balaban J connectivity index is 2.25. The molecule has 0 bridgehead atoms. The van der Waals surface area contributed by atoms with E-state index < -0.39 is 5.97 Å². The Morgan fingerprint density at radius 1 is 1.25 bits per heavy atom. The summed E-state index contributed by atoms with van der Waals surface area (Å²) in [5.41, 5.74) is 1.03. The molecule has 0 saturated heterocycles. The third-order valence-corrected chi connectivity index (χ3v) is 3.46. The third-order valence-electron chi connectivity index (χ3n) is 3.46. The van der Waals surface area contributed by atoms with E-state index in [9.17, 15) is 9.59 Å². The largest absolute Gasteiger partial charge is 0.427 e. The number of fused-ring (bicyclic) bond motifs is 1. The Hall–Kier alpha value is -3.39. The van der Waals surface area contributed by atoms with Gasteiger partial charge in [0.05, 0.1) is 17.4 Å². The van der Waals surface area contributed by atoms with Crippen molar-refractivity contribution in [3.05, 3.63) is 58.9 Å². The molecule has 2 aromatic carbocycles. The summed E-state index contributed by atoms with van der Waals surface area (Å²) in [6, 6.07) is 13.9. The molecule has 5 heteroatoms. The molecule has 0 spiro atoms. The molecule has 3 aromatic rings. The van der Waals surface area contributed by atoms with E-state index in [4.69, 9.17) is 11.2 Å². The Kier molecular flexibility index (Phi) is 4.13. The van der Waals surface area contributed by atoms with Crippen LogP contribution in [0, 0.1) is 12.3 Å². The number of carbonyl (C=O) groups is 1. The van der Waals surface area contributed by atoms with Gasteiger partial charge in [0.25, 0.3) is 5.56 Å². The van der Waals surface area contributed by atoms with Gasteiger partial charge in [0, 0.05) is 12.5 Å². The number of terminal acetylenes is 1. The first-order valence-corrected chi connectivity index (χ1v) is 7.32. The van der Waals surface area contributed by atoms with Gasteiger partial charge in [-0.05, 0) is 24.3 Å². The molecule has 0 aliphatic heterocycles. The normalized spacial score (nSPS) is 10.3. The van der Waals surface area contributed by atoms with Crippen LogP contribution in [-0.2, 0) is 11.3 Å². The number of hydrogen-bond donors (Lipinski definition) is 0. The second kappa shape index (κ2) is 6.39. The average molecular weight is 318 g/mol. The molecule has 0 aliphatic rings. The van der Waals surface area contributed by atoms with Crippen molar-refractivity contribution >= 4 is 16.9 Å². The fourth-order valence-electron chi connectivity index (χ4n) is 2.49. The van der Waals surface area contributed by atoms with E-state index in [0.29, 0.717) is 28.0 Å². The molecule has 0 atom stereocenters. The smallest absolute Gasteiger partial charge is 0.308 e. The van der Waals surface area contributed by atoms with Gasteiger partial charge >= 0.3 is 5.97 Å². The molecule has 5 nitrogen and oxygen atoms in total. The lowest BCUT2D eigenvalue weighted by molar-refractivity contribution is -0.131. The first-order chi connectivity index (χ1) is 11.6. The molecular formula is C19H14N2O3. The minimum absolute atomic E-state index is 0.101. The second-order valence-corrected chi connectivity index (χ2v) is 5.17. The molecule has 3 rings (SSSR count). The molecule has 0 radical (unpaired) electrons.